The molecule has 82 valence electrons. The summed E-state index contributed by atoms with van der Waals surface area (Å²) in [5.74, 6) is 0. The Kier molecular flexibility index (Phi) is 2.91. The predicted octanol–water partition coefficient (Wildman–Crippen LogP) is 1.84. The monoisotopic (exact) mass is 205 g/mol. The average Bonchev–Trinajstić information content (AvgIpc) is 2.86. The minimum atomic E-state index is 0.180. The number of nitrogens with zero attached hydrogens (tertiary/aromatic N) is 2. The van der Waals surface area contributed by atoms with E-state index in [9.17, 15) is 0 Å². The van der Waals surface area contributed by atoms with E-state index in [0.717, 1.165) is 13.1 Å². The summed E-state index contributed by atoms with van der Waals surface area (Å²) >= 11 is 0. The number of rotatable bonds is 4. The molecule has 0 amide bonds. The molecule has 0 saturated heterocycles. The zero-order chi connectivity index (χ0) is 10.7. The Morgan fingerprint density at radius 3 is 2.87 bits per heavy atom. The van der Waals surface area contributed by atoms with Crippen LogP contribution in [0.5, 0.6) is 0 Å². The Hall–Kier alpha value is -1.09. The first kappa shape index (κ1) is 10.4. The van der Waals surface area contributed by atoms with Gasteiger partial charge in [-0.3, -0.25) is 4.68 Å². The molecule has 3 heteroatoms. The van der Waals surface area contributed by atoms with Crippen LogP contribution in [0, 0.1) is 0 Å². The van der Waals surface area contributed by atoms with Gasteiger partial charge in [-0.05, 0) is 18.9 Å². The van der Waals surface area contributed by atoms with Crippen LogP contribution in [-0.4, -0.2) is 16.3 Å². The highest BCUT2D eigenvalue weighted by molar-refractivity contribution is 5.19. The van der Waals surface area contributed by atoms with Crippen molar-refractivity contribution in [3.8, 4) is 0 Å². The summed E-state index contributed by atoms with van der Waals surface area (Å²) in [5.41, 5.74) is 7.43. The molecule has 1 fully saturated rings. The van der Waals surface area contributed by atoms with Crippen molar-refractivity contribution < 1.29 is 0 Å². The van der Waals surface area contributed by atoms with E-state index in [1.807, 2.05) is 17.0 Å². The SMILES string of the molecule is C=CCn1nccc1C1(CN)CCCC1. The van der Waals surface area contributed by atoms with Gasteiger partial charge < -0.3 is 5.73 Å². The fraction of sp³-hybridized carbons (Fsp3) is 0.583. The van der Waals surface area contributed by atoms with Gasteiger partial charge in [0.25, 0.3) is 0 Å². The maximum atomic E-state index is 5.96. The lowest BCUT2D eigenvalue weighted by Gasteiger charge is -2.27. The van der Waals surface area contributed by atoms with Gasteiger partial charge in [0.05, 0.1) is 6.54 Å². The van der Waals surface area contributed by atoms with Gasteiger partial charge in [0.2, 0.25) is 0 Å². The van der Waals surface area contributed by atoms with Gasteiger partial charge in [0, 0.05) is 23.9 Å². The topological polar surface area (TPSA) is 43.8 Å². The Bertz CT molecular complexity index is 334. The van der Waals surface area contributed by atoms with Gasteiger partial charge in [-0.25, -0.2) is 0 Å². The maximum Gasteiger partial charge on any atom is 0.0590 e. The van der Waals surface area contributed by atoms with Crippen LogP contribution in [0.15, 0.2) is 24.9 Å². The van der Waals surface area contributed by atoms with Gasteiger partial charge in [-0.1, -0.05) is 18.9 Å². The minimum Gasteiger partial charge on any atom is -0.330 e. The summed E-state index contributed by atoms with van der Waals surface area (Å²) in [6.07, 6.45) is 8.73. The van der Waals surface area contributed by atoms with Crippen molar-refractivity contribution in [1.82, 2.24) is 9.78 Å². The van der Waals surface area contributed by atoms with Crippen LogP contribution in [0.3, 0.4) is 0 Å². The van der Waals surface area contributed by atoms with Crippen LogP contribution in [0.25, 0.3) is 0 Å². The molecule has 0 unspecified atom stereocenters. The summed E-state index contributed by atoms with van der Waals surface area (Å²) in [4.78, 5) is 0. The molecule has 1 saturated carbocycles. The van der Waals surface area contributed by atoms with E-state index in [1.54, 1.807) is 0 Å². The zero-order valence-corrected chi connectivity index (χ0v) is 9.15. The number of hydrogen-bond acceptors (Lipinski definition) is 2. The quantitative estimate of drug-likeness (QED) is 0.762. The van der Waals surface area contributed by atoms with Crippen LogP contribution >= 0.6 is 0 Å². The van der Waals surface area contributed by atoms with Crippen molar-refractivity contribution in [2.24, 2.45) is 5.73 Å². The molecule has 0 radical (unpaired) electrons. The Morgan fingerprint density at radius 2 is 2.27 bits per heavy atom. The normalized spacial score (nSPS) is 19.3. The molecule has 1 aliphatic carbocycles. The average molecular weight is 205 g/mol. The molecule has 0 atom stereocenters. The van der Waals surface area contributed by atoms with Gasteiger partial charge in [-0.2, -0.15) is 5.10 Å². The molecule has 0 bridgehead atoms. The number of nitrogens with two attached hydrogens (primary N) is 1. The standard InChI is InChI=1S/C12H19N3/c1-2-9-15-11(5-8-14-15)12(10-13)6-3-4-7-12/h2,5,8H,1,3-4,6-7,9-10,13H2. The molecule has 1 aliphatic rings. The minimum absolute atomic E-state index is 0.180. The first-order valence-electron chi connectivity index (χ1n) is 5.66. The van der Waals surface area contributed by atoms with E-state index in [4.69, 9.17) is 5.73 Å². The summed E-state index contributed by atoms with van der Waals surface area (Å²) in [6, 6.07) is 2.11. The van der Waals surface area contributed by atoms with Crippen molar-refractivity contribution in [3.63, 3.8) is 0 Å². The molecular weight excluding hydrogens is 186 g/mol. The maximum absolute atomic E-state index is 5.96. The third-order valence-electron chi connectivity index (χ3n) is 3.51. The molecule has 2 rings (SSSR count). The lowest BCUT2D eigenvalue weighted by atomic mass is 9.82. The highest BCUT2D eigenvalue weighted by Crippen LogP contribution is 2.39. The van der Waals surface area contributed by atoms with Crippen LogP contribution in [0.1, 0.15) is 31.4 Å². The second-order valence-electron chi connectivity index (χ2n) is 4.38. The lowest BCUT2D eigenvalue weighted by molar-refractivity contribution is 0.411. The molecule has 15 heavy (non-hydrogen) atoms. The first-order valence-corrected chi connectivity index (χ1v) is 5.66. The van der Waals surface area contributed by atoms with Gasteiger partial charge in [0.1, 0.15) is 0 Å². The first-order chi connectivity index (χ1) is 7.32. The number of aromatic nitrogens is 2. The highest BCUT2D eigenvalue weighted by atomic mass is 15.3. The molecule has 1 aromatic heterocycles. The van der Waals surface area contributed by atoms with E-state index in [2.05, 4.69) is 17.7 Å². The third-order valence-corrected chi connectivity index (χ3v) is 3.51. The summed E-state index contributed by atoms with van der Waals surface area (Å²) in [6.45, 7) is 5.27. The van der Waals surface area contributed by atoms with Crippen LogP contribution in [-0.2, 0) is 12.0 Å². The molecule has 0 aromatic carbocycles. The largest absolute Gasteiger partial charge is 0.330 e. The molecular formula is C12H19N3. The second-order valence-corrected chi connectivity index (χ2v) is 4.38. The Labute approximate surface area is 91.0 Å². The van der Waals surface area contributed by atoms with Gasteiger partial charge in [-0.15, -0.1) is 6.58 Å². The van der Waals surface area contributed by atoms with Crippen LogP contribution < -0.4 is 5.73 Å². The smallest absolute Gasteiger partial charge is 0.0590 e. The molecule has 0 aliphatic heterocycles. The van der Waals surface area contributed by atoms with Crippen molar-refractivity contribution in [2.45, 2.75) is 37.6 Å². The molecule has 1 heterocycles. The fourth-order valence-electron chi connectivity index (χ4n) is 2.67. The third kappa shape index (κ3) is 1.72. The van der Waals surface area contributed by atoms with Crippen molar-refractivity contribution in [2.75, 3.05) is 6.54 Å². The fourth-order valence-corrected chi connectivity index (χ4v) is 2.67. The lowest BCUT2D eigenvalue weighted by Crippen LogP contribution is -2.34. The summed E-state index contributed by atoms with van der Waals surface area (Å²) in [7, 11) is 0. The Balaban J connectivity index is 2.33. The second kappa shape index (κ2) is 4.19. The van der Waals surface area contributed by atoms with Crippen LogP contribution in [0.4, 0.5) is 0 Å². The Morgan fingerprint density at radius 1 is 1.53 bits per heavy atom. The van der Waals surface area contributed by atoms with E-state index >= 15 is 0 Å². The predicted molar refractivity (Wildman–Crippen MR) is 61.6 cm³/mol. The van der Waals surface area contributed by atoms with E-state index in [0.29, 0.717) is 0 Å². The van der Waals surface area contributed by atoms with Crippen molar-refractivity contribution in [1.29, 1.82) is 0 Å². The molecule has 0 spiro atoms. The highest BCUT2D eigenvalue weighted by Gasteiger charge is 2.36. The molecule has 3 nitrogen and oxygen atoms in total. The molecule has 1 aromatic rings. The molecule has 2 N–H and O–H groups in total. The summed E-state index contributed by atoms with van der Waals surface area (Å²) < 4.78 is 2.03. The van der Waals surface area contributed by atoms with Crippen molar-refractivity contribution >= 4 is 0 Å². The van der Waals surface area contributed by atoms with E-state index in [-0.39, 0.29) is 5.41 Å². The number of allylic oxidation sites excluding steroid dienone is 1. The van der Waals surface area contributed by atoms with E-state index in [1.165, 1.54) is 31.4 Å². The van der Waals surface area contributed by atoms with Gasteiger partial charge >= 0.3 is 0 Å². The van der Waals surface area contributed by atoms with E-state index < -0.39 is 0 Å². The zero-order valence-electron chi connectivity index (χ0n) is 9.15. The number of hydrogen-bond donors (Lipinski definition) is 1. The van der Waals surface area contributed by atoms with Crippen molar-refractivity contribution in [3.05, 3.63) is 30.6 Å². The van der Waals surface area contributed by atoms with Gasteiger partial charge in [0.15, 0.2) is 0 Å². The summed E-state index contributed by atoms with van der Waals surface area (Å²) in [5, 5.41) is 4.33. The van der Waals surface area contributed by atoms with Crippen LogP contribution in [0.2, 0.25) is 0 Å².